The summed E-state index contributed by atoms with van der Waals surface area (Å²) in [7, 11) is 4.10. The summed E-state index contributed by atoms with van der Waals surface area (Å²) in [5.74, 6) is 0.191. The summed E-state index contributed by atoms with van der Waals surface area (Å²) >= 11 is 0. The fraction of sp³-hybridized carbons (Fsp3) is 0.458. The molecule has 0 spiro atoms. The Bertz CT molecular complexity index is 699. The summed E-state index contributed by atoms with van der Waals surface area (Å²) in [6, 6.07) is 19.1. The summed E-state index contributed by atoms with van der Waals surface area (Å²) in [6.45, 7) is 8.37. The van der Waals surface area contributed by atoms with Gasteiger partial charge < -0.3 is 10.2 Å². The summed E-state index contributed by atoms with van der Waals surface area (Å²) < 4.78 is 0. The molecule has 0 heterocycles. The lowest BCUT2D eigenvalue weighted by atomic mass is 9.83. The Morgan fingerprint density at radius 3 is 2.11 bits per heavy atom. The van der Waals surface area contributed by atoms with Crippen LogP contribution < -0.4 is 5.32 Å². The van der Waals surface area contributed by atoms with Gasteiger partial charge in [-0.05, 0) is 49.2 Å². The fourth-order valence-corrected chi connectivity index (χ4v) is 3.21. The van der Waals surface area contributed by atoms with Crippen molar-refractivity contribution >= 4 is 5.91 Å². The third-order valence-corrected chi connectivity index (χ3v) is 4.87. The smallest absolute Gasteiger partial charge is 0.220 e. The molecule has 0 bridgehead atoms. The van der Waals surface area contributed by atoms with E-state index in [2.05, 4.69) is 81.5 Å². The van der Waals surface area contributed by atoms with Crippen molar-refractivity contribution in [3.63, 3.8) is 0 Å². The van der Waals surface area contributed by atoms with Gasteiger partial charge in [-0.25, -0.2) is 0 Å². The van der Waals surface area contributed by atoms with Crippen LogP contribution in [0.25, 0.3) is 0 Å². The van der Waals surface area contributed by atoms with Crippen molar-refractivity contribution in [2.24, 2.45) is 0 Å². The average molecular weight is 367 g/mol. The van der Waals surface area contributed by atoms with Gasteiger partial charge in [0.15, 0.2) is 0 Å². The Hall–Kier alpha value is -2.13. The SMILES string of the molecule is CN(C)CCCNC(=O)CC(c1ccccc1)c1ccc(C(C)(C)C)cc1. The molecule has 1 amide bonds. The zero-order chi connectivity index (χ0) is 19.9. The largest absolute Gasteiger partial charge is 0.356 e. The molecule has 2 aromatic carbocycles. The van der Waals surface area contributed by atoms with Crippen LogP contribution in [-0.2, 0) is 10.2 Å². The maximum Gasteiger partial charge on any atom is 0.220 e. The quantitative estimate of drug-likeness (QED) is 0.694. The van der Waals surface area contributed by atoms with E-state index < -0.39 is 0 Å². The molecule has 0 aliphatic heterocycles. The van der Waals surface area contributed by atoms with E-state index in [9.17, 15) is 4.79 Å². The lowest BCUT2D eigenvalue weighted by Crippen LogP contribution is -2.28. The lowest BCUT2D eigenvalue weighted by molar-refractivity contribution is -0.121. The van der Waals surface area contributed by atoms with Gasteiger partial charge in [-0.3, -0.25) is 4.79 Å². The van der Waals surface area contributed by atoms with E-state index in [0.717, 1.165) is 19.5 Å². The topological polar surface area (TPSA) is 32.3 Å². The highest BCUT2D eigenvalue weighted by Crippen LogP contribution is 2.30. The van der Waals surface area contributed by atoms with E-state index in [0.29, 0.717) is 6.42 Å². The van der Waals surface area contributed by atoms with Crippen molar-refractivity contribution < 1.29 is 4.79 Å². The molecule has 3 heteroatoms. The van der Waals surface area contributed by atoms with Crippen molar-refractivity contribution in [1.29, 1.82) is 0 Å². The van der Waals surface area contributed by atoms with Gasteiger partial charge >= 0.3 is 0 Å². The first-order valence-electron chi connectivity index (χ1n) is 9.84. The number of amides is 1. The number of nitrogens with zero attached hydrogens (tertiary/aromatic N) is 1. The fourth-order valence-electron chi connectivity index (χ4n) is 3.21. The highest BCUT2D eigenvalue weighted by molar-refractivity contribution is 5.77. The van der Waals surface area contributed by atoms with Crippen molar-refractivity contribution in [1.82, 2.24) is 10.2 Å². The van der Waals surface area contributed by atoms with Crippen LogP contribution in [-0.4, -0.2) is 38.0 Å². The Labute approximate surface area is 164 Å². The van der Waals surface area contributed by atoms with E-state index >= 15 is 0 Å². The van der Waals surface area contributed by atoms with Crippen molar-refractivity contribution in [3.8, 4) is 0 Å². The summed E-state index contributed by atoms with van der Waals surface area (Å²) in [5, 5.41) is 3.08. The molecule has 0 saturated carbocycles. The van der Waals surface area contributed by atoms with Crippen molar-refractivity contribution in [2.45, 2.75) is 44.9 Å². The lowest BCUT2D eigenvalue weighted by Gasteiger charge is -2.22. The van der Waals surface area contributed by atoms with Crippen LogP contribution in [0.15, 0.2) is 54.6 Å². The van der Waals surface area contributed by atoms with Gasteiger partial charge in [0.05, 0.1) is 0 Å². The van der Waals surface area contributed by atoms with Crippen LogP contribution in [0, 0.1) is 0 Å². The van der Waals surface area contributed by atoms with Crippen LogP contribution in [0.3, 0.4) is 0 Å². The molecule has 0 aromatic heterocycles. The van der Waals surface area contributed by atoms with Gasteiger partial charge in [0.25, 0.3) is 0 Å². The Kier molecular flexibility index (Phi) is 7.61. The van der Waals surface area contributed by atoms with E-state index in [1.807, 2.05) is 18.2 Å². The van der Waals surface area contributed by atoms with Gasteiger partial charge in [-0.1, -0.05) is 75.4 Å². The van der Waals surface area contributed by atoms with Crippen LogP contribution >= 0.6 is 0 Å². The second-order valence-electron chi connectivity index (χ2n) is 8.55. The molecule has 0 aliphatic carbocycles. The second-order valence-corrected chi connectivity index (χ2v) is 8.55. The molecular formula is C24H34N2O. The van der Waals surface area contributed by atoms with Crippen molar-refractivity contribution in [2.75, 3.05) is 27.2 Å². The Morgan fingerprint density at radius 2 is 1.56 bits per heavy atom. The predicted molar refractivity (Wildman–Crippen MR) is 114 cm³/mol. The summed E-state index contributed by atoms with van der Waals surface area (Å²) in [4.78, 5) is 14.7. The minimum absolute atomic E-state index is 0.0778. The van der Waals surface area contributed by atoms with Crippen LogP contribution in [0.4, 0.5) is 0 Å². The molecule has 1 atom stereocenters. The third kappa shape index (κ3) is 6.84. The normalized spacial score (nSPS) is 12.8. The van der Waals surface area contributed by atoms with E-state index in [4.69, 9.17) is 0 Å². The molecule has 0 aliphatic rings. The zero-order valence-electron chi connectivity index (χ0n) is 17.5. The summed E-state index contributed by atoms with van der Waals surface area (Å²) in [6.07, 6.45) is 1.44. The van der Waals surface area contributed by atoms with E-state index in [-0.39, 0.29) is 17.2 Å². The first-order valence-corrected chi connectivity index (χ1v) is 9.84. The molecule has 2 rings (SSSR count). The van der Waals surface area contributed by atoms with Gasteiger partial charge in [0.1, 0.15) is 0 Å². The number of carbonyl (C=O) groups is 1. The molecule has 27 heavy (non-hydrogen) atoms. The zero-order valence-corrected chi connectivity index (χ0v) is 17.5. The molecule has 3 nitrogen and oxygen atoms in total. The first kappa shape index (κ1) is 21.2. The second kappa shape index (κ2) is 9.70. The number of benzene rings is 2. The maximum atomic E-state index is 12.5. The third-order valence-electron chi connectivity index (χ3n) is 4.87. The number of hydrogen-bond donors (Lipinski definition) is 1. The molecule has 0 fully saturated rings. The number of hydrogen-bond acceptors (Lipinski definition) is 2. The first-order chi connectivity index (χ1) is 12.8. The molecule has 146 valence electrons. The highest BCUT2D eigenvalue weighted by Gasteiger charge is 2.19. The predicted octanol–water partition coefficient (Wildman–Crippen LogP) is 4.57. The Morgan fingerprint density at radius 1 is 0.963 bits per heavy atom. The molecule has 0 radical (unpaired) electrons. The molecule has 0 saturated heterocycles. The monoisotopic (exact) mass is 366 g/mol. The molecule has 2 aromatic rings. The van der Waals surface area contributed by atoms with Crippen LogP contribution in [0.1, 0.15) is 56.2 Å². The average Bonchev–Trinajstić information content (AvgIpc) is 2.63. The Balaban J connectivity index is 2.12. The van der Waals surface area contributed by atoms with Gasteiger partial charge in [-0.2, -0.15) is 0 Å². The van der Waals surface area contributed by atoms with E-state index in [1.165, 1.54) is 16.7 Å². The van der Waals surface area contributed by atoms with Gasteiger partial charge in [-0.15, -0.1) is 0 Å². The number of carbonyl (C=O) groups excluding carboxylic acids is 1. The minimum atomic E-state index is 0.0778. The standard InChI is InChI=1S/C24H34N2O/c1-24(2,3)21-14-12-20(13-15-21)22(19-10-7-6-8-11-19)18-23(27)25-16-9-17-26(4)5/h6-8,10-15,22H,9,16-18H2,1-5H3,(H,25,27). The molecule has 1 N–H and O–H groups in total. The van der Waals surface area contributed by atoms with Gasteiger partial charge in [0, 0.05) is 18.9 Å². The van der Waals surface area contributed by atoms with Crippen molar-refractivity contribution in [3.05, 3.63) is 71.3 Å². The molecule has 1 unspecified atom stereocenters. The maximum absolute atomic E-state index is 12.5. The highest BCUT2D eigenvalue weighted by atomic mass is 16.1. The summed E-state index contributed by atoms with van der Waals surface area (Å²) in [5.41, 5.74) is 3.82. The van der Waals surface area contributed by atoms with Gasteiger partial charge in [0.2, 0.25) is 5.91 Å². The number of rotatable bonds is 8. The minimum Gasteiger partial charge on any atom is -0.356 e. The van der Waals surface area contributed by atoms with E-state index in [1.54, 1.807) is 0 Å². The number of nitrogens with one attached hydrogen (secondary N) is 1. The van der Waals surface area contributed by atoms with Crippen LogP contribution in [0.5, 0.6) is 0 Å². The van der Waals surface area contributed by atoms with Crippen LogP contribution in [0.2, 0.25) is 0 Å². The molecular weight excluding hydrogens is 332 g/mol.